The molecule has 0 bridgehead atoms. The van der Waals surface area contributed by atoms with E-state index in [0.717, 1.165) is 7.06 Å². The molecular weight excluding hydrogens is 208 g/mol. The fourth-order valence-corrected chi connectivity index (χ4v) is 2.59. The maximum absolute atomic E-state index is 4.92. The third kappa shape index (κ3) is 5.66. The number of hydrogen-bond donors (Lipinski definition) is 0. The van der Waals surface area contributed by atoms with Crippen molar-refractivity contribution in [1.29, 1.82) is 0 Å². The Labute approximate surface area is 78.9 Å². The van der Waals surface area contributed by atoms with Crippen LogP contribution in [0.2, 0.25) is 0 Å². The van der Waals surface area contributed by atoms with Gasteiger partial charge in [0.15, 0.2) is 0 Å². The van der Waals surface area contributed by atoms with Crippen molar-refractivity contribution in [2.24, 2.45) is 0 Å². The minimum Gasteiger partial charge on any atom is -0.111 e. The molecule has 0 saturated carbocycles. The summed E-state index contributed by atoms with van der Waals surface area (Å²) in [7, 11) is 0. The minimum absolute atomic E-state index is 0.898. The van der Waals surface area contributed by atoms with Gasteiger partial charge in [-0.3, -0.25) is 0 Å². The lowest BCUT2D eigenvalue weighted by molar-refractivity contribution is 2.53. The predicted molar refractivity (Wildman–Crippen MR) is 59.8 cm³/mol. The van der Waals surface area contributed by atoms with E-state index in [9.17, 15) is 0 Å². The van der Waals surface area contributed by atoms with E-state index in [1.807, 2.05) is 12.5 Å². The van der Waals surface area contributed by atoms with Gasteiger partial charge in [-0.05, 0) is 12.5 Å². The maximum atomic E-state index is 4.92. The smallest absolute Gasteiger partial charge is 0.110 e. The number of thiocarbonyl (C=S) groups is 2. The summed E-state index contributed by atoms with van der Waals surface area (Å²) >= 11 is 14.5. The van der Waals surface area contributed by atoms with Gasteiger partial charge in [-0.1, -0.05) is 36.2 Å². The molecule has 0 spiro atoms. The molecule has 0 nitrogen and oxygen atoms in total. The van der Waals surface area contributed by atoms with Gasteiger partial charge in [-0.25, -0.2) is 0 Å². The van der Waals surface area contributed by atoms with E-state index in [0.29, 0.717) is 0 Å². The van der Waals surface area contributed by atoms with Crippen LogP contribution < -0.4 is 0 Å². The highest BCUT2D eigenvalue weighted by atomic mass is 32.3. The average molecular weight is 214 g/mol. The second-order valence-corrected chi connectivity index (χ2v) is 6.03. The van der Waals surface area contributed by atoms with E-state index in [2.05, 4.69) is 0 Å². The van der Waals surface area contributed by atoms with Crippen molar-refractivity contribution < 1.29 is 0 Å². The first-order valence-corrected chi connectivity index (χ1v) is 6.12. The number of rotatable bonds is 0. The first-order chi connectivity index (χ1) is 4.20. The van der Waals surface area contributed by atoms with Crippen LogP contribution in [0.1, 0.15) is 0 Å². The summed E-state index contributed by atoms with van der Waals surface area (Å²) in [5.74, 6) is 0. The molecule has 0 amide bonds. The van der Waals surface area contributed by atoms with Crippen LogP contribution in [-0.2, 0) is 0 Å². The summed E-state index contributed by atoms with van der Waals surface area (Å²) in [6.07, 6.45) is 3.91. The Kier molecular flexibility index (Phi) is 6.79. The molecule has 0 aliphatic heterocycles. The largest absolute Gasteiger partial charge is 0.111 e. The SMILES string of the molecule is CSC(=S)SC(=S)SC. The Hall–Kier alpha value is 1.23. The van der Waals surface area contributed by atoms with Crippen molar-refractivity contribution in [3.63, 3.8) is 0 Å². The average Bonchev–Trinajstić information content (AvgIpc) is 1.87. The van der Waals surface area contributed by atoms with Crippen LogP contribution in [0, 0.1) is 0 Å². The van der Waals surface area contributed by atoms with E-state index in [4.69, 9.17) is 24.4 Å². The van der Waals surface area contributed by atoms with Crippen LogP contribution in [0.15, 0.2) is 0 Å². The van der Waals surface area contributed by atoms with Gasteiger partial charge in [0.1, 0.15) is 7.06 Å². The highest BCUT2D eigenvalue weighted by Crippen LogP contribution is 2.21. The van der Waals surface area contributed by atoms with Gasteiger partial charge in [0.25, 0.3) is 0 Å². The fraction of sp³-hybridized carbons (Fsp3) is 0.500. The topological polar surface area (TPSA) is 0 Å². The normalized spacial score (nSPS) is 9.11. The Bertz CT molecular complexity index is 104. The molecule has 0 atom stereocenters. The molecule has 0 N–H and O–H groups in total. The summed E-state index contributed by atoms with van der Waals surface area (Å²) in [6, 6.07) is 0. The van der Waals surface area contributed by atoms with Gasteiger partial charge in [-0.15, -0.1) is 23.5 Å². The molecule has 0 unspecified atom stereocenters. The van der Waals surface area contributed by atoms with E-state index in [1.165, 1.54) is 11.8 Å². The zero-order valence-electron chi connectivity index (χ0n) is 5.04. The minimum atomic E-state index is 0.898. The lowest BCUT2D eigenvalue weighted by Crippen LogP contribution is -1.83. The Morgan fingerprint density at radius 1 is 1.00 bits per heavy atom. The van der Waals surface area contributed by atoms with Gasteiger partial charge in [0.05, 0.1) is 0 Å². The molecule has 0 aromatic rings. The second kappa shape index (κ2) is 5.97. The molecule has 9 heavy (non-hydrogen) atoms. The Morgan fingerprint density at radius 2 is 1.33 bits per heavy atom. The van der Waals surface area contributed by atoms with Gasteiger partial charge >= 0.3 is 0 Å². The first-order valence-electron chi connectivity index (χ1n) is 2.04. The van der Waals surface area contributed by atoms with Crippen molar-refractivity contribution in [2.45, 2.75) is 0 Å². The van der Waals surface area contributed by atoms with E-state index in [1.54, 1.807) is 23.5 Å². The maximum Gasteiger partial charge on any atom is 0.110 e. The van der Waals surface area contributed by atoms with Crippen molar-refractivity contribution in [2.75, 3.05) is 12.5 Å². The summed E-state index contributed by atoms with van der Waals surface area (Å²) in [5, 5.41) is 0. The second-order valence-electron chi connectivity index (χ2n) is 1.01. The summed E-state index contributed by atoms with van der Waals surface area (Å²) in [6.45, 7) is 0. The molecule has 0 aromatic carbocycles. The molecule has 0 aliphatic rings. The number of hydrogen-bond acceptors (Lipinski definition) is 5. The molecule has 0 aromatic heterocycles. The molecule has 0 saturated heterocycles. The third-order valence-electron chi connectivity index (χ3n) is 0.500. The summed E-state index contributed by atoms with van der Waals surface area (Å²) in [4.78, 5) is 0. The zero-order valence-corrected chi connectivity index (χ0v) is 9.12. The summed E-state index contributed by atoms with van der Waals surface area (Å²) in [5.41, 5.74) is 0. The first kappa shape index (κ1) is 10.2. The van der Waals surface area contributed by atoms with Crippen LogP contribution in [-0.4, -0.2) is 19.6 Å². The fourth-order valence-electron chi connectivity index (χ4n) is 0.151. The number of thioether (sulfide) groups is 3. The van der Waals surface area contributed by atoms with Crippen LogP contribution >= 0.6 is 59.7 Å². The molecule has 0 fully saturated rings. The van der Waals surface area contributed by atoms with Crippen LogP contribution in [0.3, 0.4) is 0 Å². The van der Waals surface area contributed by atoms with Crippen molar-refractivity contribution in [3.8, 4) is 0 Å². The molecular formula is C4H6S5. The van der Waals surface area contributed by atoms with Gasteiger partial charge in [0.2, 0.25) is 0 Å². The van der Waals surface area contributed by atoms with Crippen LogP contribution in [0.25, 0.3) is 0 Å². The quantitative estimate of drug-likeness (QED) is 0.567. The lowest BCUT2D eigenvalue weighted by atomic mass is 11.8. The van der Waals surface area contributed by atoms with Crippen molar-refractivity contribution in [3.05, 3.63) is 0 Å². The zero-order chi connectivity index (χ0) is 7.28. The monoisotopic (exact) mass is 214 g/mol. The van der Waals surface area contributed by atoms with Gasteiger partial charge in [0, 0.05) is 0 Å². The molecule has 0 rings (SSSR count). The molecule has 0 radical (unpaired) electrons. The van der Waals surface area contributed by atoms with Crippen molar-refractivity contribution >= 4 is 66.8 Å². The predicted octanol–water partition coefficient (Wildman–Crippen LogP) is 3.02. The van der Waals surface area contributed by atoms with E-state index >= 15 is 0 Å². The van der Waals surface area contributed by atoms with E-state index < -0.39 is 0 Å². The highest BCUT2D eigenvalue weighted by Gasteiger charge is 1.98. The van der Waals surface area contributed by atoms with Crippen LogP contribution in [0.5, 0.6) is 0 Å². The Morgan fingerprint density at radius 3 is 1.56 bits per heavy atom. The van der Waals surface area contributed by atoms with Gasteiger partial charge in [-0.2, -0.15) is 0 Å². The molecule has 0 aliphatic carbocycles. The molecule has 0 heterocycles. The van der Waals surface area contributed by atoms with E-state index in [-0.39, 0.29) is 0 Å². The Balaban J connectivity index is 3.47. The van der Waals surface area contributed by atoms with Crippen molar-refractivity contribution in [1.82, 2.24) is 0 Å². The third-order valence-corrected chi connectivity index (χ3v) is 4.50. The lowest BCUT2D eigenvalue weighted by Gasteiger charge is -1.96. The highest BCUT2D eigenvalue weighted by molar-refractivity contribution is 8.62. The standard InChI is InChI=1S/C4H6S5/c1-7-3(5)9-4(6)8-2/h1-2H3. The molecule has 52 valence electrons. The van der Waals surface area contributed by atoms with Gasteiger partial charge < -0.3 is 0 Å². The molecule has 5 heteroatoms. The van der Waals surface area contributed by atoms with Crippen LogP contribution in [0.4, 0.5) is 0 Å². The summed E-state index contributed by atoms with van der Waals surface area (Å²) < 4.78 is 1.80.